The van der Waals surface area contributed by atoms with Crippen LogP contribution in [-0.4, -0.2) is 29.3 Å². The number of hydrogen-bond donors (Lipinski definition) is 0. The zero-order chi connectivity index (χ0) is 24.8. The SMILES string of the molecule is CCCC[Si](CCCC)(CCCC)OCCC(CC)O[Si](CCCC)(CCCC)CCCC. The zero-order valence-electron chi connectivity index (χ0n) is 24.2. The molecule has 4 heteroatoms. The lowest BCUT2D eigenvalue weighted by Crippen LogP contribution is -2.43. The first-order chi connectivity index (χ1) is 16.0. The minimum atomic E-state index is -1.65. The summed E-state index contributed by atoms with van der Waals surface area (Å²) in [6.07, 6.45) is 18.6. The van der Waals surface area contributed by atoms with Crippen molar-refractivity contribution in [2.45, 2.75) is 181 Å². The number of hydrogen-bond acceptors (Lipinski definition) is 2. The summed E-state index contributed by atoms with van der Waals surface area (Å²) in [6, 6.07) is 8.27. The molecule has 0 aromatic rings. The van der Waals surface area contributed by atoms with Crippen molar-refractivity contribution in [2.75, 3.05) is 6.61 Å². The molecule has 0 radical (unpaired) electrons. The average Bonchev–Trinajstić information content (AvgIpc) is 2.84. The summed E-state index contributed by atoms with van der Waals surface area (Å²) in [5.74, 6) is 0. The van der Waals surface area contributed by atoms with Gasteiger partial charge in [-0.05, 0) is 49.1 Å². The van der Waals surface area contributed by atoms with Crippen LogP contribution in [0.4, 0.5) is 0 Å². The molecule has 0 aliphatic heterocycles. The highest BCUT2D eigenvalue weighted by atomic mass is 28.4. The van der Waals surface area contributed by atoms with E-state index in [0.29, 0.717) is 6.10 Å². The summed E-state index contributed by atoms with van der Waals surface area (Å²) >= 11 is 0. The van der Waals surface area contributed by atoms with Crippen molar-refractivity contribution in [3.63, 3.8) is 0 Å². The van der Waals surface area contributed by atoms with Crippen LogP contribution >= 0.6 is 0 Å². The lowest BCUT2D eigenvalue weighted by atomic mass is 10.2. The fraction of sp³-hybridized carbons (Fsp3) is 1.00. The summed E-state index contributed by atoms with van der Waals surface area (Å²) in [5, 5.41) is 0. The molecule has 2 nitrogen and oxygen atoms in total. The molecule has 33 heavy (non-hydrogen) atoms. The standard InChI is InChI=1S/C29H64O2Si2/c1-8-15-23-32(24-16-9-2,25-17-10-3)30-22-21-29(14-7)31-33(26-18-11-4,27-19-12-5)28-20-13-6/h29H,8-28H2,1-7H3. The highest BCUT2D eigenvalue weighted by Gasteiger charge is 2.36. The smallest absolute Gasteiger partial charge is 0.193 e. The van der Waals surface area contributed by atoms with Crippen LogP contribution in [0, 0.1) is 0 Å². The van der Waals surface area contributed by atoms with E-state index in [1.54, 1.807) is 0 Å². The molecule has 0 aliphatic rings. The van der Waals surface area contributed by atoms with Gasteiger partial charge in [0.25, 0.3) is 0 Å². The van der Waals surface area contributed by atoms with E-state index in [1.165, 1.54) is 113 Å². The molecule has 0 amide bonds. The molecule has 0 aliphatic carbocycles. The number of rotatable bonds is 25. The maximum atomic E-state index is 7.23. The fourth-order valence-electron chi connectivity index (χ4n) is 5.24. The van der Waals surface area contributed by atoms with Gasteiger partial charge in [0, 0.05) is 12.7 Å². The van der Waals surface area contributed by atoms with E-state index >= 15 is 0 Å². The highest BCUT2D eigenvalue weighted by molar-refractivity contribution is 6.74. The summed E-state index contributed by atoms with van der Waals surface area (Å²) in [7, 11) is -3.25. The summed E-state index contributed by atoms with van der Waals surface area (Å²) in [4.78, 5) is 0. The minimum Gasteiger partial charge on any atom is -0.417 e. The van der Waals surface area contributed by atoms with Crippen LogP contribution in [-0.2, 0) is 8.85 Å². The quantitative estimate of drug-likeness (QED) is 0.116. The van der Waals surface area contributed by atoms with Crippen molar-refractivity contribution in [2.24, 2.45) is 0 Å². The predicted octanol–water partition coefficient (Wildman–Crippen LogP) is 10.9. The molecule has 0 aromatic heterocycles. The van der Waals surface area contributed by atoms with Crippen molar-refractivity contribution >= 4 is 16.6 Å². The Morgan fingerprint density at radius 3 is 1.12 bits per heavy atom. The van der Waals surface area contributed by atoms with Gasteiger partial charge in [-0.2, -0.15) is 0 Å². The van der Waals surface area contributed by atoms with E-state index in [-0.39, 0.29) is 0 Å². The van der Waals surface area contributed by atoms with Crippen molar-refractivity contribution in [1.82, 2.24) is 0 Å². The molecular weight excluding hydrogens is 436 g/mol. The van der Waals surface area contributed by atoms with Crippen molar-refractivity contribution in [1.29, 1.82) is 0 Å². The Bertz CT molecular complexity index is 373. The van der Waals surface area contributed by atoms with Gasteiger partial charge in [-0.1, -0.05) is 126 Å². The third kappa shape index (κ3) is 15.2. The molecular formula is C29H64O2Si2. The lowest BCUT2D eigenvalue weighted by Gasteiger charge is -2.37. The average molecular weight is 501 g/mol. The Balaban J connectivity index is 5.27. The predicted molar refractivity (Wildman–Crippen MR) is 156 cm³/mol. The molecule has 0 aromatic carbocycles. The Hall–Kier alpha value is 0.354. The number of unbranched alkanes of at least 4 members (excludes halogenated alkanes) is 6. The minimum absolute atomic E-state index is 0.414. The van der Waals surface area contributed by atoms with E-state index in [1.807, 2.05) is 0 Å². The van der Waals surface area contributed by atoms with Crippen molar-refractivity contribution < 1.29 is 8.85 Å². The molecule has 0 rings (SSSR count). The maximum absolute atomic E-state index is 7.23. The molecule has 0 bridgehead atoms. The lowest BCUT2D eigenvalue weighted by molar-refractivity contribution is 0.140. The van der Waals surface area contributed by atoms with E-state index in [0.717, 1.165) is 19.4 Å². The summed E-state index contributed by atoms with van der Waals surface area (Å²) in [6.45, 7) is 17.3. The summed E-state index contributed by atoms with van der Waals surface area (Å²) in [5.41, 5.74) is 0. The van der Waals surface area contributed by atoms with E-state index in [9.17, 15) is 0 Å². The summed E-state index contributed by atoms with van der Waals surface area (Å²) < 4.78 is 14.2. The van der Waals surface area contributed by atoms with Gasteiger partial charge >= 0.3 is 0 Å². The van der Waals surface area contributed by atoms with Gasteiger partial charge in [-0.3, -0.25) is 0 Å². The van der Waals surface area contributed by atoms with Crippen LogP contribution in [0.5, 0.6) is 0 Å². The van der Waals surface area contributed by atoms with E-state index < -0.39 is 16.6 Å². The first-order valence-corrected chi connectivity index (χ1v) is 20.4. The molecule has 0 heterocycles. The molecule has 1 unspecified atom stereocenters. The Morgan fingerprint density at radius 2 is 0.818 bits per heavy atom. The monoisotopic (exact) mass is 500 g/mol. The van der Waals surface area contributed by atoms with Crippen LogP contribution in [0.25, 0.3) is 0 Å². The molecule has 0 N–H and O–H groups in total. The highest BCUT2D eigenvalue weighted by Crippen LogP contribution is 2.33. The third-order valence-corrected chi connectivity index (χ3v) is 16.9. The Morgan fingerprint density at radius 1 is 0.485 bits per heavy atom. The first-order valence-electron chi connectivity index (χ1n) is 15.3. The van der Waals surface area contributed by atoms with Crippen LogP contribution in [0.2, 0.25) is 36.3 Å². The first kappa shape index (κ1) is 33.4. The fourth-order valence-corrected chi connectivity index (χ4v) is 15.1. The third-order valence-electron chi connectivity index (χ3n) is 7.64. The van der Waals surface area contributed by atoms with Gasteiger partial charge in [-0.15, -0.1) is 0 Å². The zero-order valence-corrected chi connectivity index (χ0v) is 26.2. The second-order valence-electron chi connectivity index (χ2n) is 10.8. The van der Waals surface area contributed by atoms with Crippen molar-refractivity contribution in [3.05, 3.63) is 0 Å². The molecule has 0 fully saturated rings. The normalized spacial score (nSPS) is 13.5. The second kappa shape index (κ2) is 21.6. The second-order valence-corrected chi connectivity index (χ2v) is 19.0. The van der Waals surface area contributed by atoms with E-state index in [2.05, 4.69) is 48.5 Å². The molecule has 0 spiro atoms. The van der Waals surface area contributed by atoms with Crippen LogP contribution < -0.4 is 0 Å². The van der Waals surface area contributed by atoms with Gasteiger partial charge in [0.05, 0.1) is 0 Å². The van der Waals surface area contributed by atoms with Gasteiger partial charge in [0.2, 0.25) is 0 Å². The molecule has 1 atom stereocenters. The van der Waals surface area contributed by atoms with Gasteiger partial charge < -0.3 is 8.85 Å². The van der Waals surface area contributed by atoms with E-state index in [4.69, 9.17) is 8.85 Å². The van der Waals surface area contributed by atoms with Crippen molar-refractivity contribution in [3.8, 4) is 0 Å². The van der Waals surface area contributed by atoms with Crippen LogP contribution in [0.3, 0.4) is 0 Å². The topological polar surface area (TPSA) is 18.5 Å². The molecule has 0 saturated heterocycles. The molecule has 200 valence electrons. The molecule has 0 saturated carbocycles. The van der Waals surface area contributed by atoms with Gasteiger partial charge in [0.1, 0.15) is 0 Å². The Labute approximate surface area is 212 Å². The maximum Gasteiger partial charge on any atom is 0.193 e. The largest absolute Gasteiger partial charge is 0.417 e. The Kier molecular flexibility index (Phi) is 21.9. The van der Waals surface area contributed by atoms with Crippen LogP contribution in [0.1, 0.15) is 138 Å². The van der Waals surface area contributed by atoms with Crippen LogP contribution in [0.15, 0.2) is 0 Å². The van der Waals surface area contributed by atoms with Gasteiger partial charge in [-0.25, -0.2) is 0 Å². The van der Waals surface area contributed by atoms with Gasteiger partial charge in [0.15, 0.2) is 16.6 Å².